The summed E-state index contributed by atoms with van der Waals surface area (Å²) in [5, 5.41) is 12.3. The minimum Gasteiger partial charge on any atom is -0.444 e. The number of nitrogens with zero attached hydrogens (tertiary/aromatic N) is 1. The Kier molecular flexibility index (Phi) is 5.10. The van der Waals surface area contributed by atoms with Crippen molar-refractivity contribution in [2.45, 2.75) is 32.5 Å². The van der Waals surface area contributed by atoms with Gasteiger partial charge in [0.15, 0.2) is 0 Å². The number of amides is 1. The van der Waals surface area contributed by atoms with Gasteiger partial charge in [0, 0.05) is 10.7 Å². The molecule has 1 aromatic rings. The molecule has 0 bridgehead atoms. The molecular weight excluding hydrogens is 300 g/mol. The topological polar surface area (TPSA) is 71.5 Å². The van der Waals surface area contributed by atoms with Crippen LogP contribution in [0.15, 0.2) is 22.8 Å². The quantitative estimate of drug-likeness (QED) is 0.898. The summed E-state index contributed by atoms with van der Waals surface area (Å²) in [7, 11) is 0. The molecule has 2 N–H and O–H groups in total. The molecule has 1 unspecified atom stereocenters. The number of aromatic nitrogens is 1. The van der Waals surface area contributed by atoms with E-state index >= 15 is 0 Å². The maximum atomic E-state index is 11.4. The van der Waals surface area contributed by atoms with E-state index in [1.54, 1.807) is 39.1 Å². The van der Waals surface area contributed by atoms with E-state index in [0.29, 0.717) is 5.69 Å². The number of halogens is 1. The summed E-state index contributed by atoms with van der Waals surface area (Å²) in [5.41, 5.74) is -0.0560. The van der Waals surface area contributed by atoms with Crippen molar-refractivity contribution < 1.29 is 14.6 Å². The second-order valence-corrected chi connectivity index (χ2v) is 5.72. The molecule has 0 aromatic carbocycles. The van der Waals surface area contributed by atoms with Crippen LogP contribution in [-0.4, -0.2) is 28.3 Å². The Balaban J connectivity index is 2.44. The predicted molar refractivity (Wildman–Crippen MR) is 71.1 cm³/mol. The van der Waals surface area contributed by atoms with Crippen LogP contribution in [0.1, 0.15) is 32.6 Å². The van der Waals surface area contributed by atoms with Crippen molar-refractivity contribution >= 4 is 22.0 Å². The van der Waals surface area contributed by atoms with Crippen molar-refractivity contribution in [2.24, 2.45) is 0 Å². The van der Waals surface area contributed by atoms with Gasteiger partial charge >= 0.3 is 6.09 Å². The second-order valence-electron chi connectivity index (χ2n) is 4.80. The number of nitrogens with one attached hydrogen (secondary N) is 1. The molecule has 1 atom stereocenters. The summed E-state index contributed by atoms with van der Waals surface area (Å²) in [6.45, 7) is 5.39. The Bertz CT molecular complexity index is 401. The molecule has 0 aliphatic carbocycles. The molecule has 0 fully saturated rings. The lowest BCUT2D eigenvalue weighted by Gasteiger charge is -2.20. The van der Waals surface area contributed by atoms with Gasteiger partial charge in [-0.2, -0.15) is 0 Å². The van der Waals surface area contributed by atoms with E-state index in [1.165, 1.54) is 0 Å². The first-order valence-corrected chi connectivity index (χ1v) is 6.33. The predicted octanol–water partition coefficient (Wildman–Crippen LogP) is 2.40. The number of carbonyl (C=O) groups is 1. The highest BCUT2D eigenvalue weighted by molar-refractivity contribution is 9.10. The number of aliphatic hydroxyl groups excluding tert-OH is 1. The van der Waals surface area contributed by atoms with Crippen LogP contribution < -0.4 is 5.32 Å². The van der Waals surface area contributed by atoms with E-state index in [-0.39, 0.29) is 6.54 Å². The molecule has 0 aliphatic heterocycles. The number of pyridine rings is 1. The van der Waals surface area contributed by atoms with Crippen molar-refractivity contribution in [3.63, 3.8) is 0 Å². The van der Waals surface area contributed by atoms with Gasteiger partial charge in [-0.05, 0) is 48.8 Å². The molecule has 1 amide bonds. The molecule has 1 aromatic heterocycles. The Morgan fingerprint density at radius 3 is 2.72 bits per heavy atom. The zero-order valence-electron chi connectivity index (χ0n) is 10.6. The highest BCUT2D eigenvalue weighted by Crippen LogP contribution is 2.13. The summed E-state index contributed by atoms with van der Waals surface area (Å²) in [6, 6.07) is 3.46. The van der Waals surface area contributed by atoms with Crippen molar-refractivity contribution in [1.29, 1.82) is 0 Å². The third-order valence-electron chi connectivity index (χ3n) is 1.93. The fourth-order valence-corrected chi connectivity index (χ4v) is 1.42. The van der Waals surface area contributed by atoms with Gasteiger partial charge in [0.2, 0.25) is 0 Å². The first-order chi connectivity index (χ1) is 8.28. The number of carbonyl (C=O) groups excluding carboxylic acids is 1. The van der Waals surface area contributed by atoms with Gasteiger partial charge in [0.25, 0.3) is 0 Å². The van der Waals surface area contributed by atoms with E-state index in [9.17, 15) is 9.90 Å². The zero-order chi connectivity index (χ0) is 13.8. The molecule has 18 heavy (non-hydrogen) atoms. The summed E-state index contributed by atoms with van der Waals surface area (Å²) in [5.74, 6) is 0. The van der Waals surface area contributed by atoms with Gasteiger partial charge in [0.05, 0.1) is 12.2 Å². The molecule has 0 radical (unpaired) electrons. The average Bonchev–Trinajstić information content (AvgIpc) is 2.24. The molecule has 1 heterocycles. The first-order valence-electron chi connectivity index (χ1n) is 5.54. The van der Waals surface area contributed by atoms with E-state index in [2.05, 4.69) is 26.2 Å². The van der Waals surface area contributed by atoms with Gasteiger partial charge < -0.3 is 15.2 Å². The van der Waals surface area contributed by atoms with Crippen LogP contribution in [0.4, 0.5) is 4.79 Å². The van der Waals surface area contributed by atoms with Crippen LogP contribution in [-0.2, 0) is 4.74 Å². The largest absolute Gasteiger partial charge is 0.444 e. The Morgan fingerprint density at radius 1 is 1.56 bits per heavy atom. The maximum absolute atomic E-state index is 11.4. The first kappa shape index (κ1) is 14.9. The summed E-state index contributed by atoms with van der Waals surface area (Å²) in [6.07, 6.45) is 0.177. The number of alkyl carbamates (subject to hydrolysis) is 1. The average molecular weight is 317 g/mol. The van der Waals surface area contributed by atoms with Crippen LogP contribution in [0.5, 0.6) is 0 Å². The fraction of sp³-hybridized carbons (Fsp3) is 0.500. The van der Waals surface area contributed by atoms with Gasteiger partial charge in [-0.3, -0.25) is 4.98 Å². The van der Waals surface area contributed by atoms with Crippen molar-refractivity contribution in [1.82, 2.24) is 10.3 Å². The van der Waals surface area contributed by atoms with Crippen molar-refractivity contribution in [3.05, 3.63) is 28.5 Å². The molecular formula is C12H17BrN2O3. The van der Waals surface area contributed by atoms with E-state index in [4.69, 9.17) is 4.74 Å². The normalized spacial score (nSPS) is 12.9. The van der Waals surface area contributed by atoms with Crippen LogP contribution in [0.2, 0.25) is 0 Å². The lowest BCUT2D eigenvalue weighted by atomic mass is 10.2. The summed E-state index contributed by atoms with van der Waals surface area (Å²) >= 11 is 3.26. The molecule has 0 aliphatic rings. The van der Waals surface area contributed by atoms with E-state index in [1.807, 2.05) is 0 Å². The molecule has 6 heteroatoms. The highest BCUT2D eigenvalue weighted by Gasteiger charge is 2.17. The Morgan fingerprint density at radius 2 is 2.22 bits per heavy atom. The van der Waals surface area contributed by atoms with Crippen LogP contribution >= 0.6 is 15.9 Å². The zero-order valence-corrected chi connectivity index (χ0v) is 12.2. The van der Waals surface area contributed by atoms with Gasteiger partial charge in [0.1, 0.15) is 11.7 Å². The Labute approximate surface area is 115 Å². The molecule has 0 spiro atoms. The van der Waals surface area contributed by atoms with Crippen molar-refractivity contribution in [3.8, 4) is 0 Å². The SMILES string of the molecule is CC(C)(C)OC(=O)NCC(O)c1ccc(Br)cn1. The molecule has 5 nitrogen and oxygen atoms in total. The third-order valence-corrected chi connectivity index (χ3v) is 2.40. The molecule has 0 saturated carbocycles. The number of ether oxygens (including phenoxy) is 1. The van der Waals surface area contributed by atoms with Crippen LogP contribution in [0.25, 0.3) is 0 Å². The standard InChI is InChI=1S/C12H17BrN2O3/c1-12(2,3)18-11(17)15-7-10(16)9-5-4-8(13)6-14-9/h4-6,10,16H,7H2,1-3H3,(H,15,17). The summed E-state index contributed by atoms with van der Waals surface area (Å²) in [4.78, 5) is 15.4. The fourth-order valence-electron chi connectivity index (χ4n) is 1.18. The van der Waals surface area contributed by atoms with Gasteiger partial charge in [-0.15, -0.1) is 0 Å². The summed E-state index contributed by atoms with van der Waals surface area (Å²) < 4.78 is 5.89. The minimum absolute atomic E-state index is 0.0591. The minimum atomic E-state index is -0.856. The number of rotatable bonds is 3. The van der Waals surface area contributed by atoms with Gasteiger partial charge in [-0.1, -0.05) is 0 Å². The van der Waals surface area contributed by atoms with Crippen LogP contribution in [0, 0.1) is 0 Å². The molecule has 0 saturated heterocycles. The smallest absolute Gasteiger partial charge is 0.407 e. The molecule has 100 valence electrons. The van der Waals surface area contributed by atoms with Crippen LogP contribution in [0.3, 0.4) is 0 Å². The lowest BCUT2D eigenvalue weighted by molar-refractivity contribution is 0.0490. The van der Waals surface area contributed by atoms with Crippen molar-refractivity contribution in [2.75, 3.05) is 6.54 Å². The second kappa shape index (κ2) is 6.15. The van der Waals surface area contributed by atoms with Gasteiger partial charge in [-0.25, -0.2) is 4.79 Å². The third kappa shape index (κ3) is 5.46. The monoisotopic (exact) mass is 316 g/mol. The Hall–Kier alpha value is -1.14. The lowest BCUT2D eigenvalue weighted by Crippen LogP contribution is -2.34. The number of aliphatic hydroxyl groups is 1. The van der Waals surface area contributed by atoms with E-state index in [0.717, 1.165) is 4.47 Å². The number of hydrogen-bond acceptors (Lipinski definition) is 4. The van der Waals surface area contributed by atoms with E-state index < -0.39 is 17.8 Å². The number of hydrogen-bond donors (Lipinski definition) is 2. The molecule has 1 rings (SSSR count). The maximum Gasteiger partial charge on any atom is 0.407 e. The highest BCUT2D eigenvalue weighted by atomic mass is 79.9.